The Balaban J connectivity index is 0.967. The summed E-state index contributed by atoms with van der Waals surface area (Å²) in [6, 6.07) is 103. The summed E-state index contributed by atoms with van der Waals surface area (Å²) in [4.78, 5) is 5.24. The topological polar surface area (TPSA) is 12.5 Å². The largest absolute Gasteiger partial charge is 0.457 e. The number of nitrogens with zero attached hydrogens (tertiary/aromatic N) is 1. The number of benzene rings is 12. The van der Waals surface area contributed by atoms with Gasteiger partial charge in [0.2, 0.25) is 0 Å². The molecule has 6 aliphatic rings. The molecule has 0 fully saturated rings. The molecule has 3 heteroatoms. The molecule has 0 saturated heterocycles. The van der Waals surface area contributed by atoms with E-state index in [1.807, 2.05) is 11.8 Å². The SMILES string of the molecule is c1ccc2c(c1)Oc1ccccc1C21c2ccccc2-c2c(N(c3ccc4c(c3)-c3ccccc3C43c4ccccc4Sc4ccccc43)c3cccc4c3-c3ccccc3C43c4ccccc4-c4ccccc43)cccc21. The summed E-state index contributed by atoms with van der Waals surface area (Å²) in [6.45, 7) is 0. The first-order chi connectivity index (χ1) is 38.7. The molecule has 0 saturated carbocycles. The minimum Gasteiger partial charge on any atom is -0.457 e. The first-order valence-corrected chi connectivity index (χ1v) is 28.0. The Morgan fingerprint density at radius 2 is 0.590 bits per heavy atom. The fraction of sp³-hybridized carbons (Fsp3) is 0.0400. The van der Waals surface area contributed by atoms with Crippen molar-refractivity contribution in [1.82, 2.24) is 0 Å². The number of hydrogen-bond acceptors (Lipinski definition) is 3. The van der Waals surface area contributed by atoms with Gasteiger partial charge in [0.05, 0.1) is 27.6 Å². The van der Waals surface area contributed by atoms with Crippen LogP contribution in [0.2, 0.25) is 0 Å². The van der Waals surface area contributed by atoms with E-state index in [9.17, 15) is 0 Å². The van der Waals surface area contributed by atoms with Gasteiger partial charge >= 0.3 is 0 Å². The smallest absolute Gasteiger partial charge is 0.132 e. The Labute approximate surface area is 457 Å². The molecule has 18 rings (SSSR count). The van der Waals surface area contributed by atoms with E-state index >= 15 is 0 Å². The normalized spacial score (nSPS) is 15.3. The fourth-order valence-electron chi connectivity index (χ4n) is 15.8. The lowest BCUT2D eigenvalue weighted by Gasteiger charge is -2.40. The zero-order valence-electron chi connectivity index (χ0n) is 42.2. The molecule has 0 unspecified atom stereocenters. The maximum Gasteiger partial charge on any atom is 0.132 e. The van der Waals surface area contributed by atoms with Crippen molar-refractivity contribution in [1.29, 1.82) is 0 Å². The average Bonchev–Trinajstić information content (AvgIpc) is 3.70. The van der Waals surface area contributed by atoms with Crippen LogP contribution in [0, 0.1) is 0 Å². The van der Waals surface area contributed by atoms with Crippen LogP contribution in [0.3, 0.4) is 0 Å². The highest BCUT2D eigenvalue weighted by atomic mass is 32.2. The summed E-state index contributed by atoms with van der Waals surface area (Å²) in [5.41, 5.74) is 27.2. The van der Waals surface area contributed by atoms with Crippen LogP contribution in [-0.2, 0) is 16.2 Å². The lowest BCUT2D eigenvalue weighted by atomic mass is 9.66. The molecule has 0 amide bonds. The van der Waals surface area contributed by atoms with Gasteiger partial charge in [-0.3, -0.25) is 0 Å². The highest BCUT2D eigenvalue weighted by Crippen LogP contribution is 2.69. The number of rotatable bonds is 3. The number of anilines is 3. The van der Waals surface area contributed by atoms with Gasteiger partial charge in [-0.25, -0.2) is 0 Å². The van der Waals surface area contributed by atoms with Crippen LogP contribution in [-0.4, -0.2) is 0 Å². The van der Waals surface area contributed by atoms with Crippen molar-refractivity contribution in [2.45, 2.75) is 26.0 Å². The summed E-state index contributed by atoms with van der Waals surface area (Å²) in [6.07, 6.45) is 0. The average molecular weight is 1010 g/mol. The Hall–Kier alpha value is -9.41. The van der Waals surface area contributed by atoms with Gasteiger partial charge in [0.25, 0.3) is 0 Å². The molecule has 12 aromatic carbocycles. The van der Waals surface area contributed by atoms with E-state index in [0.29, 0.717) is 0 Å². The Bertz CT molecular complexity index is 4480. The van der Waals surface area contributed by atoms with Crippen LogP contribution in [0.5, 0.6) is 11.5 Å². The molecule has 12 aromatic rings. The second-order valence-electron chi connectivity index (χ2n) is 21.6. The maximum absolute atomic E-state index is 6.84. The lowest BCUT2D eigenvalue weighted by Crippen LogP contribution is -2.32. The van der Waals surface area contributed by atoms with Crippen molar-refractivity contribution in [2.24, 2.45) is 0 Å². The fourth-order valence-corrected chi connectivity index (χ4v) is 17.0. The van der Waals surface area contributed by atoms with Crippen molar-refractivity contribution in [3.8, 4) is 56.0 Å². The third-order valence-electron chi connectivity index (χ3n) is 18.4. The Morgan fingerprint density at radius 3 is 1.08 bits per heavy atom. The molecular formula is C75H45NOS. The third kappa shape index (κ3) is 5.03. The summed E-state index contributed by atoms with van der Waals surface area (Å²) >= 11 is 1.89. The molecule has 0 bridgehead atoms. The van der Waals surface area contributed by atoms with E-state index in [1.165, 1.54) is 110 Å². The molecule has 362 valence electrons. The molecule has 2 nitrogen and oxygen atoms in total. The molecule has 0 N–H and O–H groups in total. The highest BCUT2D eigenvalue weighted by Gasteiger charge is 2.55. The van der Waals surface area contributed by atoms with Crippen molar-refractivity contribution < 1.29 is 4.74 Å². The minimum absolute atomic E-state index is 0.501. The van der Waals surface area contributed by atoms with Crippen LogP contribution in [0.4, 0.5) is 17.1 Å². The first kappa shape index (κ1) is 42.8. The maximum atomic E-state index is 6.84. The predicted octanol–water partition coefficient (Wildman–Crippen LogP) is 18.8. The predicted molar refractivity (Wildman–Crippen MR) is 316 cm³/mol. The summed E-state index contributed by atoms with van der Waals surface area (Å²) < 4.78 is 6.84. The summed E-state index contributed by atoms with van der Waals surface area (Å²) in [7, 11) is 0. The molecule has 0 radical (unpaired) electrons. The van der Waals surface area contributed by atoms with E-state index < -0.39 is 16.2 Å². The van der Waals surface area contributed by atoms with E-state index in [4.69, 9.17) is 4.74 Å². The standard InChI is InChI=1S/C75H45NOS/c1-6-26-53-47(21-1)48-22-2-7-27-54(48)73(53)56-29-9-4-24-50(56)71-63(73)35-19-37-65(71)76(46-43-44-58-52(45-46)49-23-3-8-28-55(49)74(58)61-33-13-17-41-69(61)78-70-42-18-14-34-62(70)74)66-38-20-36-64-72(66)51-25-5-10-30-57(51)75(64)59-31-11-15-39-67(59)77-68-40-16-12-32-60(68)75/h1-45H. The molecule has 0 atom stereocenters. The van der Waals surface area contributed by atoms with Crippen LogP contribution >= 0.6 is 11.8 Å². The molecule has 3 spiro atoms. The minimum atomic E-state index is -0.644. The Kier molecular flexibility index (Phi) is 8.43. The second kappa shape index (κ2) is 15.4. The van der Waals surface area contributed by atoms with E-state index in [0.717, 1.165) is 39.7 Å². The van der Waals surface area contributed by atoms with E-state index in [-0.39, 0.29) is 0 Å². The van der Waals surface area contributed by atoms with Gasteiger partial charge in [-0.1, -0.05) is 236 Å². The van der Waals surface area contributed by atoms with Gasteiger partial charge in [0, 0.05) is 37.7 Å². The van der Waals surface area contributed by atoms with Crippen LogP contribution in [0.1, 0.15) is 66.8 Å². The second-order valence-corrected chi connectivity index (χ2v) is 22.7. The molecule has 78 heavy (non-hydrogen) atoms. The summed E-state index contributed by atoms with van der Waals surface area (Å²) in [5.74, 6) is 1.77. The molecule has 0 aromatic heterocycles. The van der Waals surface area contributed by atoms with Gasteiger partial charge in [-0.05, 0) is 138 Å². The zero-order chi connectivity index (χ0) is 50.9. The van der Waals surface area contributed by atoms with E-state index in [1.54, 1.807) is 0 Å². The summed E-state index contributed by atoms with van der Waals surface area (Å²) in [5, 5.41) is 0. The molecule has 2 aliphatic heterocycles. The lowest BCUT2D eigenvalue weighted by molar-refractivity contribution is 0.436. The van der Waals surface area contributed by atoms with Crippen molar-refractivity contribution in [2.75, 3.05) is 4.90 Å². The van der Waals surface area contributed by atoms with Crippen LogP contribution in [0.25, 0.3) is 44.5 Å². The van der Waals surface area contributed by atoms with Gasteiger partial charge in [0.1, 0.15) is 11.5 Å². The zero-order valence-corrected chi connectivity index (χ0v) is 43.1. The van der Waals surface area contributed by atoms with Crippen LogP contribution in [0.15, 0.2) is 283 Å². The van der Waals surface area contributed by atoms with Gasteiger partial charge in [-0.15, -0.1) is 0 Å². The van der Waals surface area contributed by atoms with Crippen LogP contribution < -0.4 is 9.64 Å². The number of hydrogen-bond donors (Lipinski definition) is 0. The molecular weight excluding hydrogens is 963 g/mol. The van der Waals surface area contributed by atoms with Crippen molar-refractivity contribution >= 4 is 28.8 Å². The quantitative estimate of drug-likeness (QED) is 0.175. The number of ether oxygens (including phenoxy) is 1. The van der Waals surface area contributed by atoms with Gasteiger partial charge < -0.3 is 9.64 Å². The van der Waals surface area contributed by atoms with Gasteiger partial charge in [0.15, 0.2) is 0 Å². The first-order valence-electron chi connectivity index (χ1n) is 27.2. The van der Waals surface area contributed by atoms with Gasteiger partial charge in [-0.2, -0.15) is 0 Å². The monoisotopic (exact) mass is 1010 g/mol. The third-order valence-corrected chi connectivity index (χ3v) is 19.6. The number of para-hydroxylation sites is 2. The van der Waals surface area contributed by atoms with Crippen molar-refractivity contribution in [3.63, 3.8) is 0 Å². The van der Waals surface area contributed by atoms with E-state index in [2.05, 4.69) is 278 Å². The molecule has 4 aliphatic carbocycles. The Morgan fingerprint density at radius 1 is 0.256 bits per heavy atom. The highest BCUT2D eigenvalue weighted by molar-refractivity contribution is 7.99. The number of fused-ring (bicyclic) bond motifs is 28. The molecule has 2 heterocycles. The van der Waals surface area contributed by atoms with Crippen molar-refractivity contribution in [3.05, 3.63) is 340 Å².